The number of hydrogen-bond donors (Lipinski definition) is 0. The average Bonchev–Trinajstić information content (AvgIpc) is 3.16. The zero-order valence-corrected chi connectivity index (χ0v) is 15.6. The molecule has 9 heteroatoms. The van der Waals surface area contributed by atoms with Crippen LogP contribution >= 0.6 is 22.7 Å². The third-order valence-electron chi connectivity index (χ3n) is 4.52. The van der Waals surface area contributed by atoms with Gasteiger partial charge in [-0.1, -0.05) is 18.2 Å². The first kappa shape index (κ1) is 18.5. The standard InChI is InChI=1S/C18H11F6NS2/c1-8-7-25-15(26-8)14-13(16(19,20)18(23,24)17(14,21)22)12-9(2)27-11-6-4-3-5-10(11)12/h3-7H,1-2H3. The van der Waals surface area contributed by atoms with Crippen LogP contribution in [0, 0.1) is 13.8 Å². The molecule has 0 N–H and O–H groups in total. The van der Waals surface area contributed by atoms with Crippen LogP contribution in [-0.2, 0) is 0 Å². The molecule has 0 saturated carbocycles. The Morgan fingerprint density at radius 3 is 2.11 bits per heavy atom. The Hall–Kier alpha value is -1.87. The van der Waals surface area contributed by atoms with Crippen molar-refractivity contribution in [1.82, 2.24) is 4.98 Å². The largest absolute Gasteiger partial charge is 0.380 e. The summed E-state index contributed by atoms with van der Waals surface area (Å²) in [5.74, 6) is -15.6. The van der Waals surface area contributed by atoms with Crippen LogP contribution in [0.4, 0.5) is 26.3 Å². The molecule has 0 atom stereocenters. The summed E-state index contributed by atoms with van der Waals surface area (Å²) in [6, 6.07) is 6.32. The number of thiophene rings is 1. The number of thiazole rings is 1. The summed E-state index contributed by atoms with van der Waals surface area (Å²) < 4.78 is 87.9. The van der Waals surface area contributed by atoms with Gasteiger partial charge in [-0.3, -0.25) is 0 Å². The summed E-state index contributed by atoms with van der Waals surface area (Å²) in [5.41, 5.74) is -2.98. The summed E-state index contributed by atoms with van der Waals surface area (Å²) in [5, 5.41) is -0.270. The molecule has 0 spiro atoms. The fourth-order valence-electron chi connectivity index (χ4n) is 3.30. The van der Waals surface area contributed by atoms with Gasteiger partial charge >= 0.3 is 17.8 Å². The highest BCUT2D eigenvalue weighted by atomic mass is 32.1. The molecule has 2 aromatic heterocycles. The molecule has 1 aliphatic rings. The fourth-order valence-corrected chi connectivity index (χ4v) is 5.22. The summed E-state index contributed by atoms with van der Waals surface area (Å²) in [4.78, 5) is 4.44. The van der Waals surface area contributed by atoms with Crippen LogP contribution in [-0.4, -0.2) is 22.8 Å². The number of alkyl halides is 6. The van der Waals surface area contributed by atoms with E-state index in [1.807, 2.05) is 0 Å². The van der Waals surface area contributed by atoms with E-state index in [1.165, 1.54) is 26.1 Å². The van der Waals surface area contributed by atoms with Gasteiger partial charge in [0, 0.05) is 37.2 Å². The molecule has 0 aliphatic heterocycles. The quantitative estimate of drug-likeness (QED) is 0.416. The van der Waals surface area contributed by atoms with E-state index in [0.717, 1.165) is 11.3 Å². The molecule has 1 aromatic carbocycles. The first-order chi connectivity index (χ1) is 12.5. The van der Waals surface area contributed by atoms with E-state index in [2.05, 4.69) is 4.98 Å². The molecule has 3 aromatic rings. The van der Waals surface area contributed by atoms with Gasteiger partial charge in [-0.05, 0) is 19.9 Å². The van der Waals surface area contributed by atoms with Crippen molar-refractivity contribution in [2.45, 2.75) is 31.6 Å². The maximum atomic E-state index is 14.8. The highest BCUT2D eigenvalue weighted by Gasteiger charge is 2.81. The highest BCUT2D eigenvalue weighted by Crippen LogP contribution is 2.66. The third kappa shape index (κ3) is 2.27. The first-order valence-corrected chi connectivity index (χ1v) is 9.43. The lowest BCUT2D eigenvalue weighted by molar-refractivity contribution is -0.254. The third-order valence-corrected chi connectivity index (χ3v) is 6.54. The fraction of sp³-hybridized carbons (Fsp3) is 0.278. The first-order valence-electron chi connectivity index (χ1n) is 7.80. The summed E-state index contributed by atoms with van der Waals surface area (Å²) in [7, 11) is 0. The number of fused-ring (bicyclic) bond motifs is 1. The van der Waals surface area contributed by atoms with Gasteiger partial charge in [-0.15, -0.1) is 22.7 Å². The van der Waals surface area contributed by atoms with E-state index in [4.69, 9.17) is 0 Å². The lowest BCUT2D eigenvalue weighted by atomic mass is 9.96. The minimum Gasteiger partial charge on any atom is -0.244 e. The molecule has 27 heavy (non-hydrogen) atoms. The van der Waals surface area contributed by atoms with Gasteiger partial charge in [-0.25, -0.2) is 4.98 Å². The number of halogens is 6. The van der Waals surface area contributed by atoms with Crippen molar-refractivity contribution < 1.29 is 26.3 Å². The van der Waals surface area contributed by atoms with E-state index in [-0.39, 0.29) is 15.8 Å². The average molecular weight is 419 g/mol. The van der Waals surface area contributed by atoms with Crippen molar-refractivity contribution in [2.75, 3.05) is 0 Å². The lowest BCUT2D eigenvalue weighted by Gasteiger charge is -2.25. The summed E-state index contributed by atoms with van der Waals surface area (Å²) in [6.45, 7) is 3.00. The Bertz CT molecular complexity index is 1090. The highest BCUT2D eigenvalue weighted by molar-refractivity contribution is 7.19. The maximum Gasteiger partial charge on any atom is 0.380 e. The van der Waals surface area contributed by atoms with Crippen LogP contribution < -0.4 is 0 Å². The van der Waals surface area contributed by atoms with Gasteiger partial charge in [0.2, 0.25) is 0 Å². The zero-order chi connectivity index (χ0) is 19.8. The van der Waals surface area contributed by atoms with E-state index >= 15 is 0 Å². The molecule has 1 aliphatic carbocycles. The molecule has 0 radical (unpaired) electrons. The monoisotopic (exact) mass is 419 g/mol. The second kappa shape index (κ2) is 5.57. The second-order valence-electron chi connectivity index (χ2n) is 6.28. The molecule has 0 saturated heterocycles. The van der Waals surface area contributed by atoms with Crippen LogP contribution in [0.5, 0.6) is 0 Å². The molecular weight excluding hydrogens is 408 g/mol. The Morgan fingerprint density at radius 2 is 1.48 bits per heavy atom. The Kier molecular flexibility index (Phi) is 3.82. The van der Waals surface area contributed by atoms with E-state index < -0.39 is 33.9 Å². The minimum atomic E-state index is -5.56. The zero-order valence-electron chi connectivity index (χ0n) is 13.9. The molecule has 142 valence electrons. The van der Waals surface area contributed by atoms with Crippen molar-refractivity contribution in [3.8, 4) is 0 Å². The van der Waals surface area contributed by atoms with Crippen molar-refractivity contribution in [3.05, 3.63) is 50.8 Å². The second-order valence-corrected chi connectivity index (χ2v) is 8.77. The predicted octanol–water partition coefficient (Wildman–Crippen LogP) is 6.80. The molecule has 0 bridgehead atoms. The Morgan fingerprint density at radius 1 is 0.852 bits per heavy atom. The predicted molar refractivity (Wildman–Crippen MR) is 95.1 cm³/mol. The van der Waals surface area contributed by atoms with Crippen molar-refractivity contribution in [2.24, 2.45) is 0 Å². The number of rotatable bonds is 2. The number of nitrogens with zero attached hydrogens (tertiary/aromatic N) is 1. The van der Waals surface area contributed by atoms with E-state index in [0.29, 0.717) is 20.9 Å². The van der Waals surface area contributed by atoms with Gasteiger partial charge in [0.15, 0.2) is 0 Å². The number of aryl methyl sites for hydroxylation is 2. The van der Waals surface area contributed by atoms with Crippen LogP contribution in [0.15, 0.2) is 30.5 Å². The molecule has 0 unspecified atom stereocenters. The minimum absolute atomic E-state index is 0.244. The van der Waals surface area contributed by atoms with Crippen LogP contribution in [0.3, 0.4) is 0 Å². The number of hydrogen-bond acceptors (Lipinski definition) is 3. The van der Waals surface area contributed by atoms with Crippen molar-refractivity contribution in [3.63, 3.8) is 0 Å². The Balaban J connectivity index is 2.17. The van der Waals surface area contributed by atoms with Crippen molar-refractivity contribution in [1.29, 1.82) is 0 Å². The summed E-state index contributed by atoms with van der Waals surface area (Å²) >= 11 is 1.78. The van der Waals surface area contributed by atoms with Gasteiger partial charge in [0.05, 0.1) is 5.57 Å². The molecule has 0 amide bonds. The van der Waals surface area contributed by atoms with Gasteiger partial charge in [0.25, 0.3) is 0 Å². The molecular formula is C18H11F6NS2. The molecule has 2 heterocycles. The molecule has 1 nitrogen and oxygen atoms in total. The number of aromatic nitrogens is 1. The number of allylic oxidation sites excluding steroid dienone is 2. The van der Waals surface area contributed by atoms with E-state index in [1.54, 1.807) is 18.2 Å². The lowest BCUT2D eigenvalue weighted by Crippen LogP contribution is -2.48. The van der Waals surface area contributed by atoms with Crippen LogP contribution in [0.25, 0.3) is 21.2 Å². The molecule has 0 fully saturated rings. The smallest absolute Gasteiger partial charge is 0.244 e. The molecule has 4 rings (SSSR count). The topological polar surface area (TPSA) is 12.9 Å². The van der Waals surface area contributed by atoms with Crippen LogP contribution in [0.2, 0.25) is 0 Å². The van der Waals surface area contributed by atoms with Crippen LogP contribution in [0.1, 0.15) is 20.3 Å². The SMILES string of the molecule is Cc1cnc(C2=C(c3c(C)sc4ccccc34)C(F)(F)C(F)(F)C2(F)F)s1. The Labute approximate surface area is 158 Å². The normalized spacial score (nSPS) is 20.6. The van der Waals surface area contributed by atoms with Gasteiger partial charge < -0.3 is 0 Å². The maximum absolute atomic E-state index is 14.8. The van der Waals surface area contributed by atoms with Crippen molar-refractivity contribution >= 4 is 43.9 Å². The summed E-state index contributed by atoms with van der Waals surface area (Å²) in [6.07, 6.45) is 1.20. The van der Waals surface area contributed by atoms with E-state index in [9.17, 15) is 26.3 Å². The van der Waals surface area contributed by atoms with Gasteiger partial charge in [-0.2, -0.15) is 26.3 Å². The van der Waals surface area contributed by atoms with Gasteiger partial charge in [0.1, 0.15) is 5.01 Å². The number of benzene rings is 1.